The van der Waals surface area contributed by atoms with Crippen LogP contribution in [0.15, 0.2) is 21.7 Å². The minimum Gasteiger partial charge on any atom is -0.206 e. The molecule has 0 amide bonds. The molecule has 0 saturated heterocycles. The molecule has 4 aliphatic rings. The SMILES string of the molecule is O=S(=O)(NC12CC3CC(CC(C3)C1)C2)c1cccs1. The highest BCUT2D eigenvalue weighted by Gasteiger charge is 2.52. The van der Waals surface area contributed by atoms with Crippen molar-refractivity contribution in [2.24, 2.45) is 17.8 Å². The smallest absolute Gasteiger partial charge is 0.206 e. The highest BCUT2D eigenvalue weighted by molar-refractivity contribution is 7.91. The number of thiophene rings is 1. The van der Waals surface area contributed by atoms with Gasteiger partial charge in [0.25, 0.3) is 10.0 Å². The minimum atomic E-state index is -3.31. The molecule has 4 bridgehead atoms. The molecule has 1 N–H and O–H groups in total. The summed E-state index contributed by atoms with van der Waals surface area (Å²) in [6.45, 7) is 0. The number of hydrogen-bond donors (Lipinski definition) is 1. The maximum absolute atomic E-state index is 12.5. The van der Waals surface area contributed by atoms with Gasteiger partial charge in [0, 0.05) is 5.54 Å². The molecular formula is C14H19NO2S2. The van der Waals surface area contributed by atoms with Gasteiger partial charge in [-0.15, -0.1) is 11.3 Å². The highest BCUT2D eigenvalue weighted by Crippen LogP contribution is 2.55. The fourth-order valence-corrected chi connectivity index (χ4v) is 7.41. The van der Waals surface area contributed by atoms with Crippen molar-refractivity contribution in [3.63, 3.8) is 0 Å². The maximum atomic E-state index is 12.5. The van der Waals surface area contributed by atoms with Gasteiger partial charge in [-0.3, -0.25) is 0 Å². The van der Waals surface area contributed by atoms with Gasteiger partial charge < -0.3 is 0 Å². The Hall–Kier alpha value is -0.390. The quantitative estimate of drug-likeness (QED) is 0.932. The molecule has 1 heterocycles. The fraction of sp³-hybridized carbons (Fsp3) is 0.714. The van der Waals surface area contributed by atoms with Crippen molar-refractivity contribution in [3.8, 4) is 0 Å². The van der Waals surface area contributed by atoms with Crippen molar-refractivity contribution in [2.75, 3.05) is 0 Å². The molecule has 3 nitrogen and oxygen atoms in total. The van der Waals surface area contributed by atoms with Crippen molar-refractivity contribution in [3.05, 3.63) is 17.5 Å². The first-order chi connectivity index (χ1) is 9.05. The van der Waals surface area contributed by atoms with Crippen LogP contribution in [0.4, 0.5) is 0 Å². The van der Waals surface area contributed by atoms with E-state index >= 15 is 0 Å². The lowest BCUT2D eigenvalue weighted by Gasteiger charge is -2.56. The number of hydrogen-bond acceptors (Lipinski definition) is 3. The Balaban J connectivity index is 1.63. The summed E-state index contributed by atoms with van der Waals surface area (Å²) in [5, 5.41) is 1.83. The first-order valence-corrected chi connectivity index (χ1v) is 9.48. The van der Waals surface area contributed by atoms with Crippen LogP contribution in [0.3, 0.4) is 0 Å². The molecule has 1 aromatic heterocycles. The molecule has 4 fully saturated rings. The summed E-state index contributed by atoms with van der Waals surface area (Å²) in [6, 6.07) is 3.51. The van der Waals surface area contributed by atoms with Gasteiger partial charge in [0.1, 0.15) is 4.21 Å². The van der Waals surface area contributed by atoms with Crippen LogP contribution >= 0.6 is 11.3 Å². The van der Waals surface area contributed by atoms with E-state index in [0.717, 1.165) is 37.0 Å². The molecule has 0 aromatic carbocycles. The van der Waals surface area contributed by atoms with Gasteiger partial charge in [0.2, 0.25) is 0 Å². The van der Waals surface area contributed by atoms with Crippen LogP contribution < -0.4 is 4.72 Å². The Morgan fingerprint density at radius 2 is 1.68 bits per heavy atom. The van der Waals surface area contributed by atoms with E-state index in [0.29, 0.717) is 4.21 Å². The Morgan fingerprint density at radius 3 is 2.16 bits per heavy atom. The maximum Gasteiger partial charge on any atom is 0.250 e. The van der Waals surface area contributed by atoms with Crippen LogP contribution in [0.25, 0.3) is 0 Å². The summed E-state index contributed by atoms with van der Waals surface area (Å²) in [7, 11) is -3.31. The van der Waals surface area contributed by atoms with Crippen LogP contribution in [-0.2, 0) is 10.0 Å². The predicted molar refractivity (Wildman–Crippen MR) is 75.5 cm³/mol. The summed E-state index contributed by atoms with van der Waals surface area (Å²) in [5.74, 6) is 2.28. The third-order valence-electron chi connectivity index (χ3n) is 5.15. The van der Waals surface area contributed by atoms with E-state index in [1.807, 2.05) is 5.38 Å². The summed E-state index contributed by atoms with van der Waals surface area (Å²) >= 11 is 1.31. The third-order valence-corrected chi connectivity index (χ3v) is 8.13. The summed E-state index contributed by atoms with van der Waals surface area (Å²) < 4.78 is 28.5. The summed E-state index contributed by atoms with van der Waals surface area (Å²) in [5.41, 5.74) is -0.127. The van der Waals surface area contributed by atoms with Crippen molar-refractivity contribution in [2.45, 2.75) is 48.3 Å². The van der Waals surface area contributed by atoms with Gasteiger partial charge in [0.15, 0.2) is 0 Å². The van der Waals surface area contributed by atoms with Crippen molar-refractivity contribution in [1.82, 2.24) is 4.72 Å². The monoisotopic (exact) mass is 297 g/mol. The van der Waals surface area contributed by atoms with Gasteiger partial charge in [0.05, 0.1) is 0 Å². The second-order valence-corrected chi connectivity index (χ2v) is 9.59. The zero-order chi connectivity index (χ0) is 13.1. The van der Waals surface area contributed by atoms with E-state index in [1.54, 1.807) is 12.1 Å². The van der Waals surface area contributed by atoms with Crippen LogP contribution in [0, 0.1) is 17.8 Å². The second kappa shape index (κ2) is 4.06. The zero-order valence-electron chi connectivity index (χ0n) is 10.8. The average molecular weight is 297 g/mol. The predicted octanol–water partition coefficient (Wildman–Crippen LogP) is 3.00. The van der Waals surface area contributed by atoms with E-state index in [2.05, 4.69) is 4.72 Å². The first-order valence-electron chi connectivity index (χ1n) is 7.12. The topological polar surface area (TPSA) is 46.2 Å². The summed E-state index contributed by atoms with van der Waals surface area (Å²) in [6.07, 6.45) is 7.18. The van der Waals surface area contributed by atoms with Crippen LogP contribution in [-0.4, -0.2) is 14.0 Å². The average Bonchev–Trinajstić information content (AvgIpc) is 2.78. The molecule has 0 atom stereocenters. The van der Waals surface area contributed by atoms with Crippen LogP contribution in [0.1, 0.15) is 38.5 Å². The molecule has 5 heteroatoms. The molecule has 0 aliphatic heterocycles. The van der Waals surface area contributed by atoms with Gasteiger partial charge in [-0.1, -0.05) is 6.07 Å². The molecule has 5 rings (SSSR count). The molecule has 4 saturated carbocycles. The third kappa shape index (κ3) is 2.06. The lowest BCUT2D eigenvalue weighted by Crippen LogP contribution is -2.59. The van der Waals surface area contributed by atoms with E-state index in [-0.39, 0.29) is 5.54 Å². The molecule has 0 spiro atoms. The van der Waals surface area contributed by atoms with Crippen LogP contribution in [0.2, 0.25) is 0 Å². The lowest BCUT2D eigenvalue weighted by molar-refractivity contribution is -0.00807. The molecule has 0 radical (unpaired) electrons. The van der Waals surface area contributed by atoms with Crippen molar-refractivity contribution in [1.29, 1.82) is 0 Å². The molecular weight excluding hydrogens is 278 g/mol. The van der Waals surface area contributed by atoms with Gasteiger partial charge in [-0.2, -0.15) is 0 Å². The normalized spacial score (nSPS) is 40.7. The Morgan fingerprint density at radius 1 is 1.11 bits per heavy atom. The van der Waals surface area contributed by atoms with Crippen molar-refractivity contribution < 1.29 is 8.42 Å². The fourth-order valence-electron chi connectivity index (χ4n) is 4.99. The van der Waals surface area contributed by atoms with E-state index in [1.165, 1.54) is 30.6 Å². The van der Waals surface area contributed by atoms with Gasteiger partial charge >= 0.3 is 0 Å². The van der Waals surface area contributed by atoms with Crippen LogP contribution in [0.5, 0.6) is 0 Å². The Kier molecular flexibility index (Phi) is 2.64. The van der Waals surface area contributed by atoms with Gasteiger partial charge in [-0.25, -0.2) is 13.1 Å². The lowest BCUT2D eigenvalue weighted by atomic mass is 9.53. The largest absolute Gasteiger partial charge is 0.250 e. The van der Waals surface area contributed by atoms with E-state index in [9.17, 15) is 8.42 Å². The molecule has 19 heavy (non-hydrogen) atoms. The number of sulfonamides is 1. The molecule has 1 aromatic rings. The number of rotatable bonds is 3. The zero-order valence-corrected chi connectivity index (χ0v) is 12.5. The number of nitrogens with one attached hydrogen (secondary N) is 1. The molecule has 104 valence electrons. The summed E-state index contributed by atoms with van der Waals surface area (Å²) in [4.78, 5) is 0. The first kappa shape index (κ1) is 12.4. The standard InChI is InChI=1S/C14H19NO2S2/c16-19(17,13-2-1-3-18-13)15-14-7-10-4-11(8-14)6-12(5-10)9-14/h1-3,10-12,15H,4-9H2. The minimum absolute atomic E-state index is 0.127. The van der Waals surface area contributed by atoms with Gasteiger partial charge in [-0.05, 0) is 67.7 Å². The molecule has 4 aliphatic carbocycles. The van der Waals surface area contributed by atoms with E-state index < -0.39 is 10.0 Å². The van der Waals surface area contributed by atoms with Crippen molar-refractivity contribution >= 4 is 21.4 Å². The second-order valence-electron chi connectivity index (χ2n) is 6.74. The highest BCUT2D eigenvalue weighted by atomic mass is 32.2. The Bertz CT molecular complexity index is 541. The molecule has 0 unspecified atom stereocenters. The van der Waals surface area contributed by atoms with E-state index in [4.69, 9.17) is 0 Å². The Labute approximate surface area is 118 Å².